The lowest BCUT2D eigenvalue weighted by molar-refractivity contribution is 0.400. The predicted octanol–water partition coefficient (Wildman–Crippen LogP) is 4.52. The van der Waals surface area contributed by atoms with Gasteiger partial charge in [-0.05, 0) is 37.2 Å². The zero-order valence-electron chi connectivity index (χ0n) is 13.1. The first-order valence-corrected chi connectivity index (χ1v) is 8.97. The van der Waals surface area contributed by atoms with E-state index >= 15 is 0 Å². The maximum absolute atomic E-state index is 4.92. The zero-order valence-corrected chi connectivity index (χ0v) is 13.1. The molecular weight excluding hydrogens is 270 g/mol. The third-order valence-corrected chi connectivity index (χ3v) is 5.96. The second-order valence-corrected chi connectivity index (χ2v) is 7.27. The SMILES string of the molecule is C1=C(C2CCC2)c2c(ncc3nc(C4CCCCC4)cn23)C1. The van der Waals surface area contributed by atoms with E-state index in [1.165, 1.54) is 68.4 Å². The van der Waals surface area contributed by atoms with Crippen molar-refractivity contribution in [2.45, 2.75) is 63.7 Å². The molecule has 3 nitrogen and oxygen atoms in total. The van der Waals surface area contributed by atoms with Gasteiger partial charge in [0.15, 0.2) is 5.65 Å². The van der Waals surface area contributed by atoms with Gasteiger partial charge < -0.3 is 0 Å². The van der Waals surface area contributed by atoms with Crippen LogP contribution in [-0.2, 0) is 6.42 Å². The van der Waals surface area contributed by atoms with Crippen molar-refractivity contribution in [2.75, 3.05) is 0 Å². The van der Waals surface area contributed by atoms with Crippen molar-refractivity contribution in [3.05, 3.63) is 35.6 Å². The molecule has 2 aromatic rings. The highest BCUT2D eigenvalue weighted by molar-refractivity contribution is 5.73. The quantitative estimate of drug-likeness (QED) is 0.815. The van der Waals surface area contributed by atoms with E-state index in [1.54, 1.807) is 5.57 Å². The molecule has 0 unspecified atom stereocenters. The molecule has 2 saturated carbocycles. The zero-order chi connectivity index (χ0) is 14.5. The lowest BCUT2D eigenvalue weighted by Crippen LogP contribution is -2.14. The fraction of sp³-hybridized carbons (Fsp3) is 0.579. The third-order valence-electron chi connectivity index (χ3n) is 5.96. The molecule has 0 radical (unpaired) electrons. The first-order valence-electron chi connectivity index (χ1n) is 8.97. The van der Waals surface area contributed by atoms with Gasteiger partial charge in [0.05, 0.1) is 23.3 Å². The van der Waals surface area contributed by atoms with Crippen molar-refractivity contribution in [3.63, 3.8) is 0 Å². The second kappa shape index (κ2) is 4.94. The monoisotopic (exact) mass is 293 g/mol. The van der Waals surface area contributed by atoms with Gasteiger partial charge in [0.1, 0.15) is 0 Å². The number of allylic oxidation sites excluding steroid dienone is 2. The molecule has 3 aliphatic rings. The van der Waals surface area contributed by atoms with E-state index in [2.05, 4.69) is 16.7 Å². The Morgan fingerprint density at radius 2 is 1.77 bits per heavy atom. The minimum Gasteiger partial charge on any atom is -0.297 e. The Morgan fingerprint density at radius 3 is 2.55 bits per heavy atom. The van der Waals surface area contributed by atoms with Gasteiger partial charge in [0.25, 0.3) is 0 Å². The Balaban J connectivity index is 1.59. The van der Waals surface area contributed by atoms with Crippen LogP contribution in [0.2, 0.25) is 0 Å². The number of aromatic nitrogens is 3. The smallest absolute Gasteiger partial charge is 0.156 e. The second-order valence-electron chi connectivity index (χ2n) is 7.27. The van der Waals surface area contributed by atoms with Crippen LogP contribution < -0.4 is 0 Å². The van der Waals surface area contributed by atoms with E-state index in [1.807, 2.05) is 6.20 Å². The highest BCUT2D eigenvalue weighted by atomic mass is 15.0. The van der Waals surface area contributed by atoms with Gasteiger partial charge >= 0.3 is 0 Å². The van der Waals surface area contributed by atoms with E-state index in [4.69, 9.17) is 9.97 Å². The fourth-order valence-electron chi connectivity index (χ4n) is 4.45. The van der Waals surface area contributed by atoms with Crippen molar-refractivity contribution >= 4 is 11.2 Å². The van der Waals surface area contributed by atoms with Crippen molar-refractivity contribution in [3.8, 4) is 0 Å². The summed E-state index contributed by atoms with van der Waals surface area (Å²) in [5, 5.41) is 0. The summed E-state index contributed by atoms with van der Waals surface area (Å²) in [6.07, 6.45) is 18.6. The molecule has 0 saturated heterocycles. The van der Waals surface area contributed by atoms with Crippen LogP contribution >= 0.6 is 0 Å². The molecular formula is C19H23N3. The molecule has 22 heavy (non-hydrogen) atoms. The summed E-state index contributed by atoms with van der Waals surface area (Å²) in [7, 11) is 0. The van der Waals surface area contributed by atoms with Crippen molar-refractivity contribution in [1.82, 2.24) is 14.4 Å². The Hall–Kier alpha value is -1.64. The molecule has 0 N–H and O–H groups in total. The number of hydrogen-bond acceptors (Lipinski definition) is 2. The maximum Gasteiger partial charge on any atom is 0.156 e. The molecule has 0 bridgehead atoms. The first-order chi connectivity index (χ1) is 10.9. The maximum atomic E-state index is 4.92. The summed E-state index contributed by atoms with van der Waals surface area (Å²) in [5.74, 6) is 1.44. The topological polar surface area (TPSA) is 30.2 Å². The fourth-order valence-corrected chi connectivity index (χ4v) is 4.45. The molecule has 3 aliphatic carbocycles. The van der Waals surface area contributed by atoms with Gasteiger partial charge in [0.2, 0.25) is 0 Å². The molecule has 0 aromatic carbocycles. The van der Waals surface area contributed by atoms with E-state index in [9.17, 15) is 0 Å². The minimum absolute atomic E-state index is 0.668. The molecule has 0 aliphatic heterocycles. The van der Waals surface area contributed by atoms with Crippen LogP contribution in [0.5, 0.6) is 0 Å². The van der Waals surface area contributed by atoms with Gasteiger partial charge in [-0.1, -0.05) is 31.8 Å². The van der Waals surface area contributed by atoms with Crippen molar-refractivity contribution in [1.29, 1.82) is 0 Å². The number of fused-ring (bicyclic) bond motifs is 3. The normalized spacial score (nSPS) is 22.6. The molecule has 5 rings (SSSR count). The Kier molecular flexibility index (Phi) is 2.89. The van der Waals surface area contributed by atoms with Gasteiger partial charge in [-0.2, -0.15) is 0 Å². The van der Waals surface area contributed by atoms with Gasteiger partial charge in [-0.15, -0.1) is 0 Å². The van der Waals surface area contributed by atoms with Crippen LogP contribution in [0.4, 0.5) is 0 Å². The van der Waals surface area contributed by atoms with E-state index < -0.39 is 0 Å². The van der Waals surface area contributed by atoms with E-state index in [0.717, 1.165) is 18.0 Å². The standard InChI is InChI=1S/C19H23N3/c1-2-5-14(6-3-1)17-12-22-18(21-17)11-20-16-10-9-15(19(16)22)13-7-4-8-13/h9,11-14H,1-8,10H2. The summed E-state index contributed by atoms with van der Waals surface area (Å²) >= 11 is 0. The van der Waals surface area contributed by atoms with Crippen LogP contribution in [0.15, 0.2) is 18.5 Å². The Labute approximate surface area is 131 Å². The van der Waals surface area contributed by atoms with Crippen LogP contribution in [0.1, 0.15) is 74.4 Å². The van der Waals surface area contributed by atoms with Crippen LogP contribution in [0, 0.1) is 5.92 Å². The highest BCUT2D eigenvalue weighted by Crippen LogP contribution is 2.42. The van der Waals surface area contributed by atoms with Crippen molar-refractivity contribution in [2.24, 2.45) is 5.92 Å². The number of imidazole rings is 1. The molecule has 114 valence electrons. The number of hydrogen-bond donors (Lipinski definition) is 0. The van der Waals surface area contributed by atoms with E-state index in [-0.39, 0.29) is 0 Å². The summed E-state index contributed by atoms with van der Waals surface area (Å²) in [6.45, 7) is 0. The molecule has 3 heteroatoms. The summed E-state index contributed by atoms with van der Waals surface area (Å²) in [5.41, 5.74) is 6.52. The molecule has 0 spiro atoms. The summed E-state index contributed by atoms with van der Waals surface area (Å²) in [6, 6.07) is 0. The number of rotatable bonds is 2. The third kappa shape index (κ3) is 1.87. The average Bonchev–Trinajstić information content (AvgIpc) is 3.10. The molecule has 0 atom stereocenters. The predicted molar refractivity (Wildman–Crippen MR) is 87.8 cm³/mol. The molecule has 0 amide bonds. The molecule has 2 heterocycles. The Bertz CT molecular complexity index is 745. The van der Waals surface area contributed by atoms with Crippen LogP contribution in [-0.4, -0.2) is 14.4 Å². The van der Waals surface area contributed by atoms with Gasteiger partial charge in [-0.3, -0.25) is 9.38 Å². The van der Waals surface area contributed by atoms with Crippen LogP contribution in [0.3, 0.4) is 0 Å². The number of nitrogens with zero attached hydrogens (tertiary/aromatic N) is 3. The largest absolute Gasteiger partial charge is 0.297 e. The average molecular weight is 293 g/mol. The molecule has 2 fully saturated rings. The minimum atomic E-state index is 0.668. The Morgan fingerprint density at radius 1 is 0.955 bits per heavy atom. The molecule has 2 aromatic heterocycles. The first kappa shape index (κ1) is 12.9. The van der Waals surface area contributed by atoms with Crippen LogP contribution in [0.25, 0.3) is 11.2 Å². The van der Waals surface area contributed by atoms with Crippen molar-refractivity contribution < 1.29 is 0 Å². The summed E-state index contributed by atoms with van der Waals surface area (Å²) < 4.78 is 2.35. The lowest BCUT2D eigenvalue weighted by Gasteiger charge is -2.27. The highest BCUT2D eigenvalue weighted by Gasteiger charge is 2.30. The summed E-state index contributed by atoms with van der Waals surface area (Å²) in [4.78, 5) is 9.63. The van der Waals surface area contributed by atoms with E-state index in [0.29, 0.717) is 5.92 Å². The lowest BCUT2D eigenvalue weighted by atomic mass is 9.79. The van der Waals surface area contributed by atoms with Gasteiger partial charge in [-0.25, -0.2) is 4.98 Å². The van der Waals surface area contributed by atoms with Gasteiger partial charge in [0, 0.05) is 18.5 Å².